The molecule has 0 aromatic heterocycles. The third kappa shape index (κ3) is 6.21. The van der Waals surface area contributed by atoms with Crippen molar-refractivity contribution >= 4 is 27.3 Å². The summed E-state index contributed by atoms with van der Waals surface area (Å²) < 4.78 is 24.7. The molecule has 7 heteroatoms. The van der Waals surface area contributed by atoms with Crippen molar-refractivity contribution in [2.24, 2.45) is 0 Å². The van der Waals surface area contributed by atoms with E-state index in [1.807, 2.05) is 0 Å². The van der Waals surface area contributed by atoms with Crippen LogP contribution in [0.5, 0.6) is 0 Å². The van der Waals surface area contributed by atoms with E-state index in [1.165, 1.54) is 0 Å². The fraction of sp³-hybridized carbons (Fsp3) is 0.417. The van der Waals surface area contributed by atoms with Crippen LogP contribution >= 0.6 is 0 Å². The highest BCUT2D eigenvalue weighted by Crippen LogP contribution is 2.22. The van der Waals surface area contributed by atoms with E-state index in [0.29, 0.717) is 24.2 Å². The lowest BCUT2D eigenvalue weighted by molar-refractivity contribution is -0.116. The Labute approximate surface area is 112 Å². The number of nitrogens with one attached hydrogen (secondary N) is 2. The summed E-state index contributed by atoms with van der Waals surface area (Å²) in [6.07, 6.45) is 2.49. The summed E-state index contributed by atoms with van der Waals surface area (Å²) in [6, 6.07) is 6.58. The van der Waals surface area contributed by atoms with Crippen molar-refractivity contribution in [3.05, 3.63) is 24.3 Å². The van der Waals surface area contributed by atoms with Gasteiger partial charge in [-0.25, -0.2) is 8.42 Å². The molecule has 0 bridgehead atoms. The molecule has 1 aromatic carbocycles. The summed E-state index contributed by atoms with van der Waals surface area (Å²) in [5.74, 6) is -0.212. The van der Waals surface area contributed by atoms with Crippen LogP contribution in [0.4, 0.5) is 11.4 Å². The van der Waals surface area contributed by atoms with Gasteiger partial charge in [0.15, 0.2) is 0 Å². The van der Waals surface area contributed by atoms with Crippen molar-refractivity contribution in [3.63, 3.8) is 0 Å². The number of anilines is 2. The molecule has 0 saturated heterocycles. The number of carbonyl (C=O) groups is 1. The minimum absolute atomic E-state index is 0.0551. The lowest BCUT2D eigenvalue weighted by Gasteiger charge is -2.11. The van der Waals surface area contributed by atoms with Crippen molar-refractivity contribution in [2.45, 2.75) is 19.3 Å². The van der Waals surface area contributed by atoms with Gasteiger partial charge in [0.1, 0.15) is 0 Å². The summed E-state index contributed by atoms with van der Waals surface area (Å²) in [5.41, 5.74) is 0.752. The second-order valence-corrected chi connectivity index (χ2v) is 5.90. The highest BCUT2D eigenvalue weighted by Gasteiger charge is 2.09. The Balaban J connectivity index is 2.70. The molecule has 0 heterocycles. The van der Waals surface area contributed by atoms with E-state index in [0.717, 1.165) is 6.26 Å². The van der Waals surface area contributed by atoms with E-state index in [-0.39, 0.29) is 18.9 Å². The maximum Gasteiger partial charge on any atom is 0.229 e. The third-order valence-corrected chi connectivity index (χ3v) is 2.90. The molecule has 0 unspecified atom stereocenters. The van der Waals surface area contributed by atoms with E-state index in [2.05, 4.69) is 10.0 Å². The predicted molar refractivity (Wildman–Crippen MR) is 74.5 cm³/mol. The summed E-state index contributed by atoms with van der Waals surface area (Å²) in [4.78, 5) is 11.6. The largest absolute Gasteiger partial charge is 0.396 e. The topological polar surface area (TPSA) is 95.5 Å². The zero-order valence-electron chi connectivity index (χ0n) is 10.7. The number of hydrogen-bond donors (Lipinski definition) is 3. The minimum atomic E-state index is -3.39. The zero-order chi connectivity index (χ0) is 14.3. The summed E-state index contributed by atoms with van der Waals surface area (Å²) in [7, 11) is -3.39. The highest BCUT2D eigenvalue weighted by molar-refractivity contribution is 7.92. The summed E-state index contributed by atoms with van der Waals surface area (Å²) in [5, 5.41) is 11.3. The van der Waals surface area contributed by atoms with Crippen LogP contribution in [0.1, 0.15) is 19.3 Å². The molecule has 0 aliphatic carbocycles. The number of amides is 1. The lowest BCUT2D eigenvalue weighted by Crippen LogP contribution is -2.15. The molecular weight excluding hydrogens is 268 g/mol. The van der Waals surface area contributed by atoms with Gasteiger partial charge in [-0.3, -0.25) is 9.52 Å². The molecule has 0 atom stereocenters. The van der Waals surface area contributed by atoms with E-state index in [4.69, 9.17) is 5.11 Å². The van der Waals surface area contributed by atoms with Crippen LogP contribution in [0.2, 0.25) is 0 Å². The van der Waals surface area contributed by atoms with Gasteiger partial charge in [0, 0.05) is 13.0 Å². The number of aliphatic hydroxyl groups excluding tert-OH is 1. The van der Waals surface area contributed by atoms with Crippen LogP contribution in [0, 0.1) is 0 Å². The molecule has 3 N–H and O–H groups in total. The number of para-hydroxylation sites is 2. The van der Waals surface area contributed by atoms with Crippen molar-refractivity contribution < 1.29 is 18.3 Å². The Hall–Kier alpha value is -1.60. The van der Waals surface area contributed by atoms with Gasteiger partial charge in [0.25, 0.3) is 0 Å². The molecule has 0 radical (unpaired) electrons. The van der Waals surface area contributed by atoms with Crippen molar-refractivity contribution in [2.75, 3.05) is 22.9 Å². The Morgan fingerprint density at radius 3 is 2.42 bits per heavy atom. The molecule has 106 valence electrons. The number of rotatable bonds is 7. The molecule has 6 nitrogen and oxygen atoms in total. The van der Waals surface area contributed by atoms with Gasteiger partial charge < -0.3 is 10.4 Å². The second kappa shape index (κ2) is 7.10. The molecule has 1 aromatic rings. The normalized spacial score (nSPS) is 11.1. The summed E-state index contributed by atoms with van der Waals surface area (Å²) in [6.45, 7) is 0.0551. The smallest absolute Gasteiger partial charge is 0.229 e. The predicted octanol–water partition coefficient (Wildman–Crippen LogP) is 1.16. The molecule has 0 fully saturated rings. The van der Waals surface area contributed by atoms with Crippen LogP contribution in [0.25, 0.3) is 0 Å². The maximum atomic E-state index is 11.6. The second-order valence-electron chi connectivity index (χ2n) is 4.15. The van der Waals surface area contributed by atoms with Crippen LogP contribution in [-0.4, -0.2) is 32.3 Å². The van der Waals surface area contributed by atoms with Crippen molar-refractivity contribution in [3.8, 4) is 0 Å². The minimum Gasteiger partial charge on any atom is -0.396 e. The standard InChI is InChI=1S/C12H18N2O4S/c1-19(17,18)14-11-7-3-2-6-10(11)13-12(16)8-4-5-9-15/h2-3,6-7,14-15H,4-5,8-9H2,1H3,(H,13,16). The number of carbonyl (C=O) groups excluding carboxylic acids is 1. The van der Waals surface area contributed by atoms with Crippen LogP contribution < -0.4 is 10.0 Å². The quantitative estimate of drug-likeness (QED) is 0.655. The molecule has 0 spiro atoms. The van der Waals surface area contributed by atoms with Gasteiger partial charge in [0.05, 0.1) is 17.6 Å². The first kappa shape index (κ1) is 15.5. The highest BCUT2D eigenvalue weighted by atomic mass is 32.2. The first-order valence-electron chi connectivity index (χ1n) is 5.90. The number of aliphatic hydroxyl groups is 1. The number of sulfonamides is 1. The monoisotopic (exact) mass is 286 g/mol. The fourth-order valence-corrected chi connectivity index (χ4v) is 2.07. The van der Waals surface area contributed by atoms with E-state index in [9.17, 15) is 13.2 Å². The molecular formula is C12H18N2O4S. The van der Waals surface area contributed by atoms with Crippen molar-refractivity contribution in [1.82, 2.24) is 0 Å². The molecule has 0 saturated carbocycles. The maximum absolute atomic E-state index is 11.6. The molecule has 1 amide bonds. The Bertz CT molecular complexity index is 528. The Morgan fingerprint density at radius 1 is 1.21 bits per heavy atom. The number of unbranched alkanes of at least 4 members (excludes halogenated alkanes) is 1. The van der Waals surface area contributed by atoms with Gasteiger partial charge >= 0.3 is 0 Å². The van der Waals surface area contributed by atoms with Gasteiger partial charge in [-0.2, -0.15) is 0 Å². The Kier molecular flexibility index (Phi) is 5.78. The summed E-state index contributed by atoms with van der Waals surface area (Å²) >= 11 is 0. The van der Waals surface area contributed by atoms with Gasteiger partial charge in [-0.15, -0.1) is 0 Å². The average molecular weight is 286 g/mol. The Morgan fingerprint density at radius 2 is 1.84 bits per heavy atom. The van der Waals surface area contributed by atoms with Gasteiger partial charge in [-0.05, 0) is 25.0 Å². The van der Waals surface area contributed by atoms with Crippen LogP contribution in [-0.2, 0) is 14.8 Å². The van der Waals surface area contributed by atoms with Crippen LogP contribution in [0.3, 0.4) is 0 Å². The van der Waals surface area contributed by atoms with E-state index >= 15 is 0 Å². The zero-order valence-corrected chi connectivity index (χ0v) is 11.5. The lowest BCUT2D eigenvalue weighted by atomic mass is 10.2. The first-order valence-corrected chi connectivity index (χ1v) is 7.79. The molecule has 0 aliphatic heterocycles. The van der Waals surface area contributed by atoms with E-state index < -0.39 is 10.0 Å². The number of hydrogen-bond acceptors (Lipinski definition) is 4. The average Bonchev–Trinajstić information content (AvgIpc) is 2.30. The molecule has 1 rings (SSSR count). The van der Waals surface area contributed by atoms with Crippen LogP contribution in [0.15, 0.2) is 24.3 Å². The number of benzene rings is 1. The SMILES string of the molecule is CS(=O)(=O)Nc1ccccc1NC(=O)CCCCO. The molecule has 0 aliphatic rings. The van der Waals surface area contributed by atoms with Gasteiger partial charge in [0.2, 0.25) is 15.9 Å². The van der Waals surface area contributed by atoms with E-state index in [1.54, 1.807) is 24.3 Å². The first-order chi connectivity index (χ1) is 8.92. The van der Waals surface area contributed by atoms with Crippen molar-refractivity contribution in [1.29, 1.82) is 0 Å². The fourth-order valence-electron chi connectivity index (χ4n) is 1.49. The molecule has 19 heavy (non-hydrogen) atoms. The third-order valence-electron chi connectivity index (χ3n) is 2.31. The van der Waals surface area contributed by atoms with Gasteiger partial charge in [-0.1, -0.05) is 12.1 Å².